The Labute approximate surface area is 204 Å². The van der Waals surface area contributed by atoms with Crippen LogP contribution in [0.4, 0.5) is 5.69 Å². The molecule has 2 aromatic carbocycles. The number of likely N-dealkylation sites (tertiary alicyclic amines) is 1. The molecule has 1 fully saturated rings. The molecular formula is C25H30N4O5S. The molecular weight excluding hydrogens is 468 g/mol. The molecule has 186 valence electrons. The third-order valence-electron chi connectivity index (χ3n) is 6.50. The Balaban J connectivity index is 1.75. The minimum atomic E-state index is -3.96. The van der Waals surface area contributed by atoms with Gasteiger partial charge in [-0.25, -0.2) is 13.2 Å². The number of anilines is 1. The lowest BCUT2D eigenvalue weighted by Gasteiger charge is -2.23. The lowest BCUT2D eigenvalue weighted by molar-refractivity contribution is -0.130. The van der Waals surface area contributed by atoms with Crippen molar-refractivity contribution in [2.24, 2.45) is 7.05 Å². The van der Waals surface area contributed by atoms with Crippen molar-refractivity contribution in [1.29, 1.82) is 0 Å². The Morgan fingerprint density at radius 3 is 2.43 bits per heavy atom. The Kier molecular flexibility index (Phi) is 6.84. The van der Waals surface area contributed by atoms with Gasteiger partial charge in [-0.3, -0.25) is 23.0 Å². The van der Waals surface area contributed by atoms with Crippen molar-refractivity contribution in [3.63, 3.8) is 0 Å². The first-order chi connectivity index (χ1) is 16.6. The SMILES string of the molecule is CCN(c1cccc(C)c1)S(=O)(=O)c1ccc2c(c1)c(=O)n(CCC(=O)N1CCCC1)c(=O)n2C. The molecule has 2 heterocycles. The molecule has 1 aromatic heterocycles. The molecule has 35 heavy (non-hydrogen) atoms. The highest BCUT2D eigenvalue weighted by atomic mass is 32.2. The number of hydrogen-bond acceptors (Lipinski definition) is 5. The van der Waals surface area contributed by atoms with Crippen molar-refractivity contribution in [2.45, 2.75) is 44.6 Å². The first-order valence-corrected chi connectivity index (χ1v) is 13.2. The highest BCUT2D eigenvalue weighted by molar-refractivity contribution is 7.92. The second kappa shape index (κ2) is 9.69. The van der Waals surface area contributed by atoms with E-state index in [1.807, 2.05) is 13.0 Å². The summed E-state index contributed by atoms with van der Waals surface area (Å²) in [6.07, 6.45) is 1.95. The van der Waals surface area contributed by atoms with Crippen LogP contribution in [-0.2, 0) is 28.4 Å². The van der Waals surface area contributed by atoms with Crippen molar-refractivity contribution in [2.75, 3.05) is 23.9 Å². The van der Waals surface area contributed by atoms with Gasteiger partial charge in [0, 0.05) is 39.6 Å². The zero-order valence-electron chi connectivity index (χ0n) is 20.2. The number of amides is 1. The fourth-order valence-corrected chi connectivity index (χ4v) is 6.08. The van der Waals surface area contributed by atoms with E-state index in [9.17, 15) is 22.8 Å². The molecule has 1 amide bonds. The molecule has 10 heteroatoms. The first-order valence-electron chi connectivity index (χ1n) is 11.8. The zero-order valence-corrected chi connectivity index (χ0v) is 21.0. The smallest absolute Gasteiger partial charge is 0.331 e. The van der Waals surface area contributed by atoms with E-state index in [-0.39, 0.29) is 35.7 Å². The van der Waals surface area contributed by atoms with Crippen molar-refractivity contribution >= 4 is 32.5 Å². The fraction of sp³-hybridized carbons (Fsp3) is 0.400. The normalized spacial score (nSPS) is 14.0. The molecule has 0 radical (unpaired) electrons. The van der Waals surface area contributed by atoms with Crippen LogP contribution < -0.4 is 15.6 Å². The maximum absolute atomic E-state index is 13.5. The first kappa shape index (κ1) is 24.7. The van der Waals surface area contributed by atoms with Crippen molar-refractivity contribution < 1.29 is 13.2 Å². The summed E-state index contributed by atoms with van der Waals surface area (Å²) >= 11 is 0. The number of sulfonamides is 1. The number of aryl methyl sites for hydroxylation is 2. The van der Waals surface area contributed by atoms with E-state index in [4.69, 9.17) is 0 Å². The minimum absolute atomic E-state index is 0.0373. The Bertz CT molecular complexity index is 1500. The average molecular weight is 499 g/mol. The van der Waals surface area contributed by atoms with Gasteiger partial charge in [0.25, 0.3) is 15.6 Å². The maximum Gasteiger partial charge on any atom is 0.331 e. The summed E-state index contributed by atoms with van der Waals surface area (Å²) in [5.41, 5.74) is 0.650. The number of rotatable bonds is 7. The van der Waals surface area contributed by atoms with Crippen LogP contribution in [0, 0.1) is 6.92 Å². The molecule has 4 rings (SSSR count). The Hall–Kier alpha value is -3.40. The summed E-state index contributed by atoms with van der Waals surface area (Å²) in [6, 6.07) is 11.4. The summed E-state index contributed by atoms with van der Waals surface area (Å²) in [5.74, 6) is -0.0929. The van der Waals surface area contributed by atoms with Crippen molar-refractivity contribution in [3.8, 4) is 0 Å². The maximum atomic E-state index is 13.5. The van der Waals surface area contributed by atoms with Crippen molar-refractivity contribution in [1.82, 2.24) is 14.0 Å². The number of benzene rings is 2. The van der Waals surface area contributed by atoms with Gasteiger partial charge in [0.15, 0.2) is 0 Å². The van der Waals surface area contributed by atoms with E-state index >= 15 is 0 Å². The number of aromatic nitrogens is 2. The molecule has 1 aliphatic heterocycles. The van der Waals surface area contributed by atoms with E-state index < -0.39 is 21.3 Å². The minimum Gasteiger partial charge on any atom is -0.343 e. The summed E-state index contributed by atoms with van der Waals surface area (Å²) < 4.78 is 30.7. The van der Waals surface area contributed by atoms with E-state index in [1.165, 1.54) is 34.1 Å². The van der Waals surface area contributed by atoms with Crippen LogP contribution in [0.15, 0.2) is 56.9 Å². The Morgan fingerprint density at radius 2 is 1.77 bits per heavy atom. The largest absolute Gasteiger partial charge is 0.343 e. The number of carbonyl (C=O) groups is 1. The molecule has 0 spiro atoms. The molecule has 0 N–H and O–H groups in total. The van der Waals surface area contributed by atoms with Crippen molar-refractivity contribution in [3.05, 3.63) is 68.9 Å². The molecule has 0 unspecified atom stereocenters. The van der Waals surface area contributed by atoms with Gasteiger partial charge in [-0.15, -0.1) is 0 Å². The second-order valence-corrected chi connectivity index (χ2v) is 10.7. The summed E-state index contributed by atoms with van der Waals surface area (Å²) in [7, 11) is -2.43. The molecule has 0 bridgehead atoms. The number of hydrogen-bond donors (Lipinski definition) is 0. The monoisotopic (exact) mass is 498 g/mol. The highest BCUT2D eigenvalue weighted by Gasteiger charge is 2.25. The zero-order chi connectivity index (χ0) is 25.3. The molecule has 3 aromatic rings. The Morgan fingerprint density at radius 1 is 1.06 bits per heavy atom. The van der Waals surface area contributed by atoms with Gasteiger partial charge in [-0.05, 0) is 62.6 Å². The van der Waals surface area contributed by atoms with Crippen LogP contribution in [0.5, 0.6) is 0 Å². The van der Waals surface area contributed by atoms with Gasteiger partial charge in [0.1, 0.15) is 0 Å². The highest BCUT2D eigenvalue weighted by Crippen LogP contribution is 2.25. The predicted octanol–water partition coefficient (Wildman–Crippen LogP) is 2.24. The van der Waals surface area contributed by atoms with Crippen LogP contribution in [0.2, 0.25) is 0 Å². The summed E-state index contributed by atoms with van der Waals surface area (Å²) in [6.45, 7) is 5.17. The second-order valence-electron chi connectivity index (χ2n) is 8.82. The van der Waals surface area contributed by atoms with Gasteiger partial charge < -0.3 is 4.90 Å². The van der Waals surface area contributed by atoms with Gasteiger partial charge in [0.05, 0.1) is 21.5 Å². The molecule has 0 aliphatic carbocycles. The molecule has 0 saturated carbocycles. The van der Waals surface area contributed by atoms with Gasteiger partial charge in [0.2, 0.25) is 5.91 Å². The molecule has 1 saturated heterocycles. The van der Waals surface area contributed by atoms with Gasteiger partial charge in [-0.2, -0.15) is 0 Å². The van der Waals surface area contributed by atoms with Gasteiger partial charge in [-0.1, -0.05) is 12.1 Å². The lowest BCUT2D eigenvalue weighted by atomic mass is 10.2. The standard InChI is InChI=1S/C25H30N4O5S/c1-4-29(19-9-7-8-18(2)16-19)35(33,34)20-10-11-22-21(17-20)24(31)28(25(32)26(22)3)15-12-23(30)27-13-5-6-14-27/h7-11,16-17H,4-6,12-15H2,1-3H3. The van der Waals surface area contributed by atoms with E-state index in [0.29, 0.717) is 24.3 Å². The number of nitrogens with zero attached hydrogens (tertiary/aromatic N) is 4. The fourth-order valence-electron chi connectivity index (χ4n) is 4.59. The van der Waals surface area contributed by atoms with Crippen LogP contribution in [0.3, 0.4) is 0 Å². The van der Waals surface area contributed by atoms with Crippen LogP contribution in [0.25, 0.3) is 10.9 Å². The molecule has 0 atom stereocenters. The van der Waals surface area contributed by atoms with Crippen LogP contribution in [0.1, 0.15) is 31.7 Å². The average Bonchev–Trinajstić information content (AvgIpc) is 3.38. The predicted molar refractivity (Wildman–Crippen MR) is 135 cm³/mol. The quantitative estimate of drug-likeness (QED) is 0.497. The lowest BCUT2D eigenvalue weighted by Crippen LogP contribution is -2.40. The summed E-state index contributed by atoms with van der Waals surface area (Å²) in [4.78, 5) is 40.3. The van der Waals surface area contributed by atoms with Crippen LogP contribution in [-0.4, -0.2) is 48.0 Å². The third-order valence-corrected chi connectivity index (χ3v) is 8.39. The summed E-state index contributed by atoms with van der Waals surface area (Å²) in [5, 5.41) is 0.113. The van der Waals surface area contributed by atoms with E-state index in [2.05, 4.69) is 0 Å². The third kappa shape index (κ3) is 4.62. The number of fused-ring (bicyclic) bond motifs is 1. The molecule has 9 nitrogen and oxygen atoms in total. The van der Waals surface area contributed by atoms with E-state index in [1.54, 1.807) is 30.0 Å². The van der Waals surface area contributed by atoms with Gasteiger partial charge >= 0.3 is 5.69 Å². The molecule has 1 aliphatic rings. The number of carbonyl (C=O) groups excluding carboxylic acids is 1. The van der Waals surface area contributed by atoms with E-state index in [0.717, 1.165) is 23.0 Å². The topological polar surface area (TPSA) is 102 Å². The van der Waals surface area contributed by atoms with Crippen LogP contribution >= 0.6 is 0 Å².